The molecule has 0 aliphatic rings. The summed E-state index contributed by atoms with van der Waals surface area (Å²) in [6.45, 7) is 0. The normalized spacial score (nSPS) is 11.4. The molecule has 0 heterocycles. The fraction of sp³-hybridized carbons (Fsp3) is 0. The first-order valence-electron chi connectivity index (χ1n) is 3.19. The van der Waals surface area contributed by atoms with Gasteiger partial charge in [-0.1, -0.05) is 11.6 Å². The lowest BCUT2D eigenvalue weighted by atomic mass is 10.3. The Morgan fingerprint density at radius 3 is 2.57 bits per heavy atom. The highest BCUT2D eigenvalue weighted by molar-refractivity contribution is 7.81. The van der Waals surface area contributed by atoms with Gasteiger partial charge >= 0.3 is 0 Å². The van der Waals surface area contributed by atoms with Crippen molar-refractivity contribution in [3.8, 4) is 5.75 Å². The van der Waals surface area contributed by atoms with Gasteiger partial charge in [0.15, 0.2) is 5.75 Å². The summed E-state index contributed by atoms with van der Waals surface area (Å²) in [5.74, 6) is -1.51. The summed E-state index contributed by atoms with van der Waals surface area (Å²) in [5.41, 5.74) is 4.98. The average Bonchev–Trinajstić information content (AvgIpc) is 1.97. The standard InChI is InChI=1S/C6H5ClFNO4S/c7-3-1-5(9)6(2-4(3)8)13-14(10,11)12/h1-2H,9H2,(H,10,11,12)/p-1. The number of hydrogen-bond acceptors (Lipinski definition) is 5. The van der Waals surface area contributed by atoms with E-state index in [4.69, 9.17) is 17.3 Å². The molecule has 0 aliphatic carbocycles. The molecule has 0 bridgehead atoms. The molecule has 1 aromatic carbocycles. The van der Waals surface area contributed by atoms with E-state index in [2.05, 4.69) is 4.18 Å². The van der Waals surface area contributed by atoms with Gasteiger partial charge in [0.25, 0.3) is 10.4 Å². The topological polar surface area (TPSA) is 92.5 Å². The van der Waals surface area contributed by atoms with Gasteiger partial charge in [0.2, 0.25) is 0 Å². The van der Waals surface area contributed by atoms with E-state index >= 15 is 0 Å². The molecule has 78 valence electrons. The van der Waals surface area contributed by atoms with Crippen molar-refractivity contribution in [1.82, 2.24) is 0 Å². The van der Waals surface area contributed by atoms with Crippen LogP contribution in [-0.2, 0) is 10.4 Å². The SMILES string of the molecule is Nc1cc(Cl)c(F)cc1OS(=O)(=O)[O-]. The van der Waals surface area contributed by atoms with E-state index < -0.39 is 22.0 Å². The maximum atomic E-state index is 12.8. The zero-order chi connectivity index (χ0) is 10.9. The third-order valence-corrected chi connectivity index (χ3v) is 1.92. The number of halogens is 2. The molecule has 0 unspecified atom stereocenters. The molecule has 2 N–H and O–H groups in total. The summed E-state index contributed by atoms with van der Waals surface area (Å²) in [6.07, 6.45) is 0. The fourth-order valence-electron chi connectivity index (χ4n) is 0.726. The molecule has 1 rings (SSSR count). The first-order valence-corrected chi connectivity index (χ1v) is 4.90. The molecule has 0 aromatic heterocycles. The highest BCUT2D eigenvalue weighted by atomic mass is 35.5. The predicted molar refractivity (Wildman–Crippen MR) is 46.1 cm³/mol. The van der Waals surface area contributed by atoms with Gasteiger partial charge < -0.3 is 14.5 Å². The van der Waals surface area contributed by atoms with Gasteiger partial charge in [0.1, 0.15) is 5.82 Å². The molecular weight excluding hydrogens is 237 g/mol. The molecule has 0 radical (unpaired) electrons. The zero-order valence-electron chi connectivity index (χ0n) is 6.53. The fourth-order valence-corrected chi connectivity index (χ4v) is 1.26. The molecule has 0 atom stereocenters. The maximum Gasteiger partial charge on any atom is 0.262 e. The molecule has 5 nitrogen and oxygen atoms in total. The quantitative estimate of drug-likeness (QED) is 0.471. The molecule has 0 amide bonds. The number of benzene rings is 1. The predicted octanol–water partition coefficient (Wildman–Crippen LogP) is 0.900. The van der Waals surface area contributed by atoms with Gasteiger partial charge in [-0.05, 0) is 6.07 Å². The monoisotopic (exact) mass is 240 g/mol. The molecule has 8 heteroatoms. The molecule has 14 heavy (non-hydrogen) atoms. The number of nitrogens with two attached hydrogens (primary N) is 1. The van der Waals surface area contributed by atoms with Crippen LogP contribution < -0.4 is 9.92 Å². The van der Waals surface area contributed by atoms with Crippen molar-refractivity contribution >= 4 is 27.7 Å². The van der Waals surface area contributed by atoms with E-state index in [-0.39, 0.29) is 10.7 Å². The largest absolute Gasteiger partial charge is 0.716 e. The van der Waals surface area contributed by atoms with E-state index in [1.807, 2.05) is 0 Å². The molecular formula is C6H4ClFNO4S-. The third-order valence-electron chi connectivity index (χ3n) is 1.24. The lowest BCUT2D eigenvalue weighted by Gasteiger charge is -2.11. The molecule has 0 fully saturated rings. The van der Waals surface area contributed by atoms with Crippen LogP contribution in [0.15, 0.2) is 12.1 Å². The van der Waals surface area contributed by atoms with Crippen molar-refractivity contribution in [2.24, 2.45) is 0 Å². The zero-order valence-corrected chi connectivity index (χ0v) is 8.10. The number of rotatable bonds is 2. The first-order chi connectivity index (χ1) is 6.29. The van der Waals surface area contributed by atoms with Crippen LogP contribution in [0.2, 0.25) is 5.02 Å². The van der Waals surface area contributed by atoms with Gasteiger partial charge in [-0.3, -0.25) is 0 Å². The minimum atomic E-state index is -4.97. The van der Waals surface area contributed by atoms with Crippen molar-refractivity contribution in [3.63, 3.8) is 0 Å². The van der Waals surface area contributed by atoms with Crippen LogP contribution in [0.1, 0.15) is 0 Å². The van der Waals surface area contributed by atoms with E-state index in [0.717, 1.165) is 6.07 Å². The van der Waals surface area contributed by atoms with Crippen molar-refractivity contribution in [3.05, 3.63) is 23.0 Å². The Morgan fingerprint density at radius 1 is 1.50 bits per heavy atom. The number of nitrogen functional groups attached to an aromatic ring is 1. The van der Waals surface area contributed by atoms with E-state index in [9.17, 15) is 17.4 Å². The number of anilines is 1. The van der Waals surface area contributed by atoms with Crippen LogP contribution in [0, 0.1) is 5.82 Å². The molecule has 0 aliphatic heterocycles. The summed E-state index contributed by atoms with van der Waals surface area (Å²) >= 11 is 5.32. The van der Waals surface area contributed by atoms with Crippen molar-refractivity contribution in [2.75, 3.05) is 5.73 Å². The molecule has 0 saturated heterocycles. The summed E-state index contributed by atoms with van der Waals surface area (Å²) in [6, 6.07) is 1.56. The van der Waals surface area contributed by atoms with E-state index in [1.165, 1.54) is 0 Å². The Kier molecular flexibility index (Phi) is 2.84. The van der Waals surface area contributed by atoms with Crippen molar-refractivity contribution < 1.29 is 21.5 Å². The van der Waals surface area contributed by atoms with Crippen LogP contribution in [0.25, 0.3) is 0 Å². The summed E-state index contributed by atoms with van der Waals surface area (Å²) in [5, 5.41) is -0.293. The Morgan fingerprint density at radius 2 is 2.07 bits per heavy atom. The van der Waals surface area contributed by atoms with Gasteiger partial charge in [-0.15, -0.1) is 0 Å². The minimum absolute atomic E-state index is 0.240. The van der Waals surface area contributed by atoms with Crippen LogP contribution in [0.4, 0.5) is 10.1 Å². The summed E-state index contributed by atoms with van der Waals surface area (Å²) in [7, 11) is -4.97. The second kappa shape index (κ2) is 3.60. The van der Waals surface area contributed by atoms with Gasteiger partial charge in [-0.25, -0.2) is 12.8 Å². The smallest absolute Gasteiger partial charge is 0.262 e. The molecule has 1 aromatic rings. The van der Waals surface area contributed by atoms with Gasteiger partial charge in [0.05, 0.1) is 10.7 Å². The Balaban J connectivity index is 3.17. The second-order valence-electron chi connectivity index (χ2n) is 2.30. The van der Waals surface area contributed by atoms with Gasteiger partial charge in [0, 0.05) is 6.07 Å². The number of hydrogen-bond donors (Lipinski definition) is 1. The second-order valence-corrected chi connectivity index (χ2v) is 3.69. The molecule has 0 spiro atoms. The first kappa shape index (κ1) is 11.0. The van der Waals surface area contributed by atoms with Crippen molar-refractivity contribution in [2.45, 2.75) is 0 Å². The maximum absolute atomic E-state index is 12.8. The highest BCUT2D eigenvalue weighted by Crippen LogP contribution is 2.28. The average molecular weight is 241 g/mol. The van der Waals surface area contributed by atoms with E-state index in [1.54, 1.807) is 0 Å². The van der Waals surface area contributed by atoms with Crippen LogP contribution in [-0.4, -0.2) is 13.0 Å². The van der Waals surface area contributed by atoms with E-state index in [0.29, 0.717) is 6.07 Å². The van der Waals surface area contributed by atoms with Crippen LogP contribution in [0.3, 0.4) is 0 Å². The lowest BCUT2D eigenvalue weighted by molar-refractivity contribution is 0.372. The lowest BCUT2D eigenvalue weighted by Crippen LogP contribution is -2.09. The Bertz CT molecular complexity index is 461. The highest BCUT2D eigenvalue weighted by Gasteiger charge is 2.09. The Labute approximate surface area is 84.2 Å². The Hall–Kier alpha value is -1.05. The summed E-state index contributed by atoms with van der Waals surface area (Å²) < 4.78 is 47.1. The third kappa shape index (κ3) is 2.72. The van der Waals surface area contributed by atoms with Crippen molar-refractivity contribution in [1.29, 1.82) is 0 Å². The molecule has 0 saturated carbocycles. The van der Waals surface area contributed by atoms with Crippen LogP contribution >= 0.6 is 11.6 Å². The van der Waals surface area contributed by atoms with Crippen LogP contribution in [0.5, 0.6) is 5.75 Å². The van der Waals surface area contributed by atoms with Gasteiger partial charge in [-0.2, -0.15) is 0 Å². The summed E-state index contributed by atoms with van der Waals surface area (Å²) in [4.78, 5) is 0. The minimum Gasteiger partial charge on any atom is -0.716 e.